The van der Waals surface area contributed by atoms with Gasteiger partial charge in [-0.15, -0.1) is 0 Å². The average molecular weight is 234 g/mol. The third-order valence-corrected chi connectivity index (χ3v) is 3.31. The van der Waals surface area contributed by atoms with Gasteiger partial charge in [0.05, 0.1) is 0 Å². The van der Waals surface area contributed by atoms with E-state index in [-0.39, 0.29) is 11.7 Å². The van der Waals surface area contributed by atoms with Crippen LogP contribution in [0.5, 0.6) is 0 Å². The standard InChI is InChI=1S/C15H22O2/c1-12(10-11-17-4)14(16)15(2,3)13-8-6-5-7-9-13/h5-9,12H,10-11H2,1-4H3. The molecule has 0 aliphatic rings. The number of hydrogen-bond acceptors (Lipinski definition) is 2. The van der Waals surface area contributed by atoms with Gasteiger partial charge in [0.25, 0.3) is 0 Å². The van der Waals surface area contributed by atoms with Crippen LogP contribution in [0.1, 0.15) is 32.8 Å². The van der Waals surface area contributed by atoms with E-state index in [2.05, 4.69) is 0 Å². The van der Waals surface area contributed by atoms with Crippen molar-refractivity contribution < 1.29 is 9.53 Å². The highest BCUT2D eigenvalue weighted by Gasteiger charge is 2.32. The molecule has 2 heteroatoms. The molecule has 0 N–H and O–H groups in total. The summed E-state index contributed by atoms with van der Waals surface area (Å²) in [6, 6.07) is 9.95. The molecule has 2 nitrogen and oxygen atoms in total. The fourth-order valence-corrected chi connectivity index (χ4v) is 2.04. The zero-order valence-electron chi connectivity index (χ0n) is 11.2. The third-order valence-electron chi connectivity index (χ3n) is 3.31. The molecule has 0 aliphatic heterocycles. The highest BCUT2D eigenvalue weighted by Crippen LogP contribution is 2.28. The summed E-state index contributed by atoms with van der Waals surface area (Å²) in [6.45, 7) is 6.60. The fourth-order valence-electron chi connectivity index (χ4n) is 2.04. The van der Waals surface area contributed by atoms with Crippen LogP contribution in [0.2, 0.25) is 0 Å². The molecule has 0 spiro atoms. The molecule has 0 saturated carbocycles. The molecule has 0 radical (unpaired) electrons. The second-order valence-electron chi connectivity index (χ2n) is 5.04. The minimum absolute atomic E-state index is 0.0326. The van der Waals surface area contributed by atoms with Crippen LogP contribution in [0.15, 0.2) is 30.3 Å². The van der Waals surface area contributed by atoms with Gasteiger partial charge in [0, 0.05) is 25.0 Å². The van der Waals surface area contributed by atoms with Gasteiger partial charge >= 0.3 is 0 Å². The number of rotatable bonds is 6. The monoisotopic (exact) mass is 234 g/mol. The summed E-state index contributed by atoms with van der Waals surface area (Å²) in [4.78, 5) is 12.4. The first-order valence-corrected chi connectivity index (χ1v) is 6.09. The normalized spacial score (nSPS) is 13.4. The van der Waals surface area contributed by atoms with E-state index in [0.29, 0.717) is 6.61 Å². The summed E-state index contributed by atoms with van der Waals surface area (Å²) >= 11 is 0. The van der Waals surface area contributed by atoms with Gasteiger partial charge in [-0.25, -0.2) is 0 Å². The van der Waals surface area contributed by atoms with Crippen LogP contribution in [-0.2, 0) is 14.9 Å². The van der Waals surface area contributed by atoms with Crippen molar-refractivity contribution in [1.82, 2.24) is 0 Å². The number of methoxy groups -OCH3 is 1. The number of carbonyl (C=O) groups is 1. The Labute approximate surface area is 104 Å². The maximum atomic E-state index is 12.4. The molecular weight excluding hydrogens is 212 g/mol. The van der Waals surface area contributed by atoms with Gasteiger partial charge in [-0.1, -0.05) is 37.3 Å². The summed E-state index contributed by atoms with van der Waals surface area (Å²) in [5, 5.41) is 0. The van der Waals surface area contributed by atoms with Crippen molar-refractivity contribution in [2.24, 2.45) is 5.92 Å². The SMILES string of the molecule is COCCC(C)C(=O)C(C)(C)c1ccccc1. The van der Waals surface area contributed by atoms with E-state index in [9.17, 15) is 4.79 Å². The lowest BCUT2D eigenvalue weighted by Crippen LogP contribution is -2.34. The van der Waals surface area contributed by atoms with E-state index in [4.69, 9.17) is 4.74 Å². The molecule has 0 aromatic heterocycles. The molecule has 0 saturated heterocycles. The lowest BCUT2D eigenvalue weighted by Gasteiger charge is -2.27. The van der Waals surface area contributed by atoms with Gasteiger partial charge in [-0.2, -0.15) is 0 Å². The van der Waals surface area contributed by atoms with Crippen LogP contribution >= 0.6 is 0 Å². The molecule has 1 unspecified atom stereocenters. The van der Waals surface area contributed by atoms with Crippen molar-refractivity contribution in [3.63, 3.8) is 0 Å². The molecule has 0 aliphatic carbocycles. The van der Waals surface area contributed by atoms with Crippen LogP contribution in [0, 0.1) is 5.92 Å². The smallest absolute Gasteiger partial charge is 0.145 e. The summed E-state index contributed by atoms with van der Waals surface area (Å²) < 4.78 is 5.03. The quantitative estimate of drug-likeness (QED) is 0.755. The number of hydrogen-bond donors (Lipinski definition) is 0. The number of benzene rings is 1. The molecule has 17 heavy (non-hydrogen) atoms. The van der Waals surface area contributed by atoms with Crippen molar-refractivity contribution >= 4 is 5.78 Å². The fraction of sp³-hybridized carbons (Fsp3) is 0.533. The Bertz CT molecular complexity index is 354. The number of carbonyl (C=O) groups excluding carboxylic acids is 1. The van der Waals surface area contributed by atoms with E-state index in [0.717, 1.165) is 12.0 Å². The first kappa shape index (κ1) is 13.9. The van der Waals surface area contributed by atoms with Gasteiger partial charge < -0.3 is 4.74 Å². The molecule has 1 aromatic rings. The van der Waals surface area contributed by atoms with Crippen LogP contribution in [0.4, 0.5) is 0 Å². The molecule has 0 fully saturated rings. The van der Waals surface area contributed by atoms with Crippen LogP contribution < -0.4 is 0 Å². The third kappa shape index (κ3) is 3.40. The molecule has 0 amide bonds. The Hall–Kier alpha value is -1.15. The molecule has 1 atom stereocenters. The molecular formula is C15H22O2. The molecule has 0 heterocycles. The van der Waals surface area contributed by atoms with Crippen molar-refractivity contribution in [3.05, 3.63) is 35.9 Å². The Kier molecular flexibility index (Phi) is 4.88. The van der Waals surface area contributed by atoms with Gasteiger partial charge in [0.2, 0.25) is 0 Å². The van der Waals surface area contributed by atoms with Gasteiger partial charge in [0.1, 0.15) is 5.78 Å². The first-order valence-electron chi connectivity index (χ1n) is 6.09. The Morgan fingerprint density at radius 2 is 1.88 bits per heavy atom. The van der Waals surface area contributed by atoms with Gasteiger partial charge in [-0.3, -0.25) is 4.79 Å². The van der Waals surface area contributed by atoms with E-state index in [1.807, 2.05) is 51.1 Å². The second kappa shape index (κ2) is 5.97. The summed E-state index contributed by atoms with van der Waals surface area (Å²) in [7, 11) is 1.67. The zero-order valence-corrected chi connectivity index (χ0v) is 11.2. The van der Waals surface area contributed by atoms with E-state index in [1.165, 1.54) is 0 Å². The summed E-state index contributed by atoms with van der Waals surface area (Å²) in [5.74, 6) is 0.311. The minimum Gasteiger partial charge on any atom is -0.385 e. The lowest BCUT2D eigenvalue weighted by molar-refractivity contribution is -0.127. The average Bonchev–Trinajstić information content (AvgIpc) is 2.36. The topological polar surface area (TPSA) is 26.3 Å². The predicted octanol–water partition coefficient (Wildman–Crippen LogP) is 3.21. The zero-order chi connectivity index (χ0) is 12.9. The Balaban J connectivity index is 2.80. The Morgan fingerprint density at radius 1 is 1.29 bits per heavy atom. The number of ether oxygens (including phenoxy) is 1. The maximum Gasteiger partial charge on any atom is 0.145 e. The molecule has 1 aromatic carbocycles. The first-order chi connectivity index (χ1) is 8.00. The highest BCUT2D eigenvalue weighted by atomic mass is 16.5. The molecule has 0 bridgehead atoms. The second-order valence-corrected chi connectivity index (χ2v) is 5.04. The van der Waals surface area contributed by atoms with Gasteiger partial charge in [0.15, 0.2) is 0 Å². The van der Waals surface area contributed by atoms with Crippen molar-refractivity contribution in [3.8, 4) is 0 Å². The summed E-state index contributed by atoms with van der Waals surface area (Å²) in [6.07, 6.45) is 0.783. The molecule has 1 rings (SSSR count). The van der Waals surface area contributed by atoms with Crippen molar-refractivity contribution in [1.29, 1.82) is 0 Å². The van der Waals surface area contributed by atoms with E-state index >= 15 is 0 Å². The number of Topliss-reactive ketones (excluding diaryl/α,β-unsaturated/α-hetero) is 1. The molecule has 94 valence electrons. The number of ketones is 1. The largest absolute Gasteiger partial charge is 0.385 e. The van der Waals surface area contributed by atoms with Gasteiger partial charge in [-0.05, 0) is 25.8 Å². The van der Waals surface area contributed by atoms with E-state index in [1.54, 1.807) is 7.11 Å². The van der Waals surface area contributed by atoms with Crippen molar-refractivity contribution in [2.45, 2.75) is 32.6 Å². The van der Waals surface area contributed by atoms with Crippen molar-refractivity contribution in [2.75, 3.05) is 13.7 Å². The van der Waals surface area contributed by atoms with E-state index < -0.39 is 5.41 Å². The van der Waals surface area contributed by atoms with Crippen LogP contribution in [-0.4, -0.2) is 19.5 Å². The highest BCUT2D eigenvalue weighted by molar-refractivity contribution is 5.91. The van der Waals surface area contributed by atoms with Crippen LogP contribution in [0.3, 0.4) is 0 Å². The van der Waals surface area contributed by atoms with Crippen LogP contribution in [0.25, 0.3) is 0 Å². The predicted molar refractivity (Wildman–Crippen MR) is 70.1 cm³/mol. The summed E-state index contributed by atoms with van der Waals surface area (Å²) in [5.41, 5.74) is 0.656. The maximum absolute atomic E-state index is 12.4. The lowest BCUT2D eigenvalue weighted by atomic mass is 9.75. The minimum atomic E-state index is -0.422. The Morgan fingerprint density at radius 3 is 2.41 bits per heavy atom.